The van der Waals surface area contributed by atoms with Gasteiger partial charge in [0.25, 0.3) is 5.91 Å². The summed E-state index contributed by atoms with van der Waals surface area (Å²) in [5.41, 5.74) is 0.875. The highest BCUT2D eigenvalue weighted by Gasteiger charge is 2.12. The fourth-order valence-electron chi connectivity index (χ4n) is 2.26. The van der Waals surface area contributed by atoms with Crippen molar-refractivity contribution < 1.29 is 13.9 Å². The first kappa shape index (κ1) is 17.0. The first-order valence-electron chi connectivity index (χ1n) is 7.99. The number of hydrogen-bond acceptors (Lipinski definition) is 2. The molecule has 4 heteroatoms. The Labute approximate surface area is 136 Å². The number of benzene rings is 2. The molecule has 2 rings (SSSR count). The number of ether oxygens (including phenoxy) is 1. The average molecular weight is 315 g/mol. The predicted molar refractivity (Wildman–Crippen MR) is 90.4 cm³/mol. The lowest BCUT2D eigenvalue weighted by Gasteiger charge is -2.11. The van der Waals surface area contributed by atoms with Crippen molar-refractivity contribution in [2.45, 2.75) is 32.6 Å². The van der Waals surface area contributed by atoms with Crippen LogP contribution in [0.25, 0.3) is 0 Å². The molecule has 0 aromatic heterocycles. The molecular weight excluding hydrogens is 293 g/mol. The molecule has 1 N–H and O–H groups in total. The monoisotopic (exact) mass is 315 g/mol. The van der Waals surface area contributed by atoms with Crippen LogP contribution in [0, 0.1) is 5.82 Å². The van der Waals surface area contributed by atoms with Crippen molar-refractivity contribution >= 4 is 11.6 Å². The minimum atomic E-state index is -0.386. The summed E-state index contributed by atoms with van der Waals surface area (Å²) in [6, 6.07) is 12.9. The quantitative estimate of drug-likeness (QED) is 0.693. The predicted octanol–water partition coefficient (Wildman–Crippen LogP) is 5.04. The Balaban J connectivity index is 1.99. The molecule has 0 atom stereocenters. The number of hydrogen-bond donors (Lipinski definition) is 1. The Kier molecular flexibility index (Phi) is 6.60. The van der Waals surface area contributed by atoms with Crippen molar-refractivity contribution in [2.75, 3.05) is 11.9 Å². The average Bonchev–Trinajstić information content (AvgIpc) is 2.55. The molecule has 0 unspecified atom stereocenters. The molecule has 0 aliphatic carbocycles. The number of anilines is 1. The third-order valence-corrected chi connectivity index (χ3v) is 3.47. The number of carbonyl (C=O) groups is 1. The van der Waals surface area contributed by atoms with E-state index in [9.17, 15) is 9.18 Å². The molecule has 0 bridgehead atoms. The van der Waals surface area contributed by atoms with E-state index in [4.69, 9.17) is 4.74 Å². The van der Waals surface area contributed by atoms with Crippen LogP contribution in [-0.2, 0) is 0 Å². The van der Waals surface area contributed by atoms with Crippen molar-refractivity contribution in [2.24, 2.45) is 0 Å². The van der Waals surface area contributed by atoms with Crippen molar-refractivity contribution in [3.05, 3.63) is 59.9 Å². The molecule has 122 valence electrons. The molecule has 0 aliphatic heterocycles. The number of rotatable bonds is 8. The first-order valence-corrected chi connectivity index (χ1v) is 7.99. The molecule has 0 radical (unpaired) electrons. The van der Waals surface area contributed by atoms with Gasteiger partial charge >= 0.3 is 0 Å². The molecule has 0 aliphatic rings. The number of nitrogens with one attached hydrogen (secondary N) is 1. The standard InChI is InChI=1S/C19H22FNO2/c1-2-3-4-7-13-23-18-12-6-5-11-17(18)19(22)21-16-10-8-9-15(20)14-16/h5-6,8-12,14H,2-4,7,13H2,1H3,(H,21,22). The van der Waals surface area contributed by atoms with Gasteiger partial charge in [-0.05, 0) is 36.8 Å². The van der Waals surface area contributed by atoms with Gasteiger partial charge in [-0.15, -0.1) is 0 Å². The lowest BCUT2D eigenvalue weighted by atomic mass is 10.1. The SMILES string of the molecule is CCCCCCOc1ccccc1C(=O)Nc1cccc(F)c1. The highest BCUT2D eigenvalue weighted by molar-refractivity contribution is 6.06. The Morgan fingerprint density at radius 2 is 1.91 bits per heavy atom. The van der Waals surface area contributed by atoms with E-state index in [1.165, 1.54) is 25.0 Å². The molecule has 0 saturated heterocycles. The normalized spacial score (nSPS) is 10.3. The minimum Gasteiger partial charge on any atom is -0.493 e. The summed E-state index contributed by atoms with van der Waals surface area (Å²) in [6.45, 7) is 2.75. The minimum absolute atomic E-state index is 0.306. The Morgan fingerprint density at radius 1 is 1.09 bits per heavy atom. The molecule has 0 fully saturated rings. The van der Waals surface area contributed by atoms with Crippen molar-refractivity contribution in [1.29, 1.82) is 0 Å². The fourth-order valence-corrected chi connectivity index (χ4v) is 2.26. The highest BCUT2D eigenvalue weighted by atomic mass is 19.1. The maximum absolute atomic E-state index is 13.2. The third-order valence-electron chi connectivity index (χ3n) is 3.47. The van der Waals surface area contributed by atoms with Gasteiger partial charge in [0.1, 0.15) is 11.6 Å². The van der Waals surface area contributed by atoms with Gasteiger partial charge in [-0.3, -0.25) is 4.79 Å². The van der Waals surface area contributed by atoms with E-state index >= 15 is 0 Å². The zero-order valence-electron chi connectivity index (χ0n) is 13.3. The van der Waals surface area contributed by atoms with E-state index in [0.717, 1.165) is 12.8 Å². The molecule has 3 nitrogen and oxygen atoms in total. The second kappa shape index (κ2) is 8.93. The Bertz CT molecular complexity index is 643. The van der Waals surface area contributed by atoms with Crippen molar-refractivity contribution in [1.82, 2.24) is 0 Å². The summed E-state index contributed by atoms with van der Waals surface area (Å²) in [6.07, 6.45) is 4.44. The van der Waals surface area contributed by atoms with E-state index in [0.29, 0.717) is 23.6 Å². The van der Waals surface area contributed by atoms with Crippen LogP contribution in [0.1, 0.15) is 43.0 Å². The third kappa shape index (κ3) is 5.40. The number of unbranched alkanes of at least 4 members (excludes halogenated alkanes) is 3. The number of para-hydroxylation sites is 1. The van der Waals surface area contributed by atoms with Crippen LogP contribution < -0.4 is 10.1 Å². The zero-order valence-corrected chi connectivity index (χ0v) is 13.3. The van der Waals surface area contributed by atoms with E-state index in [1.54, 1.807) is 30.3 Å². The number of amides is 1. The molecule has 2 aromatic rings. The lowest BCUT2D eigenvalue weighted by molar-refractivity contribution is 0.102. The van der Waals surface area contributed by atoms with Gasteiger partial charge in [0.2, 0.25) is 0 Å². The van der Waals surface area contributed by atoms with Gasteiger partial charge in [-0.2, -0.15) is 0 Å². The van der Waals surface area contributed by atoms with Crippen molar-refractivity contribution in [3.63, 3.8) is 0 Å². The lowest BCUT2D eigenvalue weighted by Crippen LogP contribution is -2.14. The largest absolute Gasteiger partial charge is 0.493 e. The molecule has 0 spiro atoms. The molecular formula is C19H22FNO2. The van der Waals surface area contributed by atoms with Gasteiger partial charge in [-0.1, -0.05) is 44.4 Å². The van der Waals surface area contributed by atoms with Gasteiger partial charge in [0, 0.05) is 5.69 Å². The van der Waals surface area contributed by atoms with Gasteiger partial charge < -0.3 is 10.1 Å². The summed E-state index contributed by atoms with van der Waals surface area (Å²) in [4.78, 5) is 12.4. The van der Waals surface area contributed by atoms with Crippen molar-refractivity contribution in [3.8, 4) is 5.75 Å². The van der Waals surface area contributed by atoms with Gasteiger partial charge in [-0.25, -0.2) is 4.39 Å². The van der Waals surface area contributed by atoms with E-state index < -0.39 is 0 Å². The van der Waals surface area contributed by atoms with E-state index in [2.05, 4.69) is 12.2 Å². The summed E-state index contributed by atoms with van der Waals surface area (Å²) >= 11 is 0. The van der Waals surface area contributed by atoms with Gasteiger partial charge in [0.05, 0.1) is 12.2 Å². The summed E-state index contributed by atoms with van der Waals surface area (Å²) in [7, 11) is 0. The second-order valence-corrected chi connectivity index (χ2v) is 5.37. The summed E-state index contributed by atoms with van der Waals surface area (Å²) in [5, 5.41) is 2.69. The summed E-state index contributed by atoms with van der Waals surface area (Å²) in [5.74, 6) is -0.138. The second-order valence-electron chi connectivity index (χ2n) is 5.37. The molecule has 0 saturated carbocycles. The molecule has 0 heterocycles. The first-order chi connectivity index (χ1) is 11.2. The Hall–Kier alpha value is -2.36. The van der Waals surface area contributed by atoms with Crippen LogP contribution in [-0.4, -0.2) is 12.5 Å². The van der Waals surface area contributed by atoms with E-state index in [-0.39, 0.29) is 11.7 Å². The fraction of sp³-hybridized carbons (Fsp3) is 0.316. The number of halogens is 1. The number of carbonyl (C=O) groups excluding carboxylic acids is 1. The van der Waals surface area contributed by atoms with Gasteiger partial charge in [0.15, 0.2) is 0 Å². The van der Waals surface area contributed by atoms with Crippen LogP contribution in [0.3, 0.4) is 0 Å². The molecule has 23 heavy (non-hydrogen) atoms. The maximum Gasteiger partial charge on any atom is 0.259 e. The zero-order chi connectivity index (χ0) is 16.5. The Morgan fingerprint density at radius 3 is 2.70 bits per heavy atom. The smallest absolute Gasteiger partial charge is 0.259 e. The highest BCUT2D eigenvalue weighted by Crippen LogP contribution is 2.20. The molecule has 1 amide bonds. The topological polar surface area (TPSA) is 38.3 Å². The van der Waals surface area contributed by atoms with Crippen LogP contribution >= 0.6 is 0 Å². The summed E-state index contributed by atoms with van der Waals surface area (Å²) < 4.78 is 18.9. The van der Waals surface area contributed by atoms with Crippen LogP contribution in [0.5, 0.6) is 5.75 Å². The van der Waals surface area contributed by atoms with Crippen LogP contribution in [0.2, 0.25) is 0 Å². The molecule has 2 aromatic carbocycles. The maximum atomic E-state index is 13.2. The van der Waals surface area contributed by atoms with Crippen LogP contribution in [0.15, 0.2) is 48.5 Å². The van der Waals surface area contributed by atoms with E-state index in [1.807, 2.05) is 6.07 Å². The van der Waals surface area contributed by atoms with Crippen LogP contribution in [0.4, 0.5) is 10.1 Å².